The van der Waals surface area contributed by atoms with Crippen molar-refractivity contribution in [3.05, 3.63) is 48.0 Å². The van der Waals surface area contributed by atoms with E-state index in [0.717, 1.165) is 25.8 Å². The van der Waals surface area contributed by atoms with Crippen molar-refractivity contribution in [1.29, 1.82) is 0 Å². The topological polar surface area (TPSA) is 41.6 Å². The summed E-state index contributed by atoms with van der Waals surface area (Å²) in [5, 5.41) is 6.60. The standard InChI is InChI=1S/C27H36N2O2/c1-20(23-9-5-7-21-6-3-4-8-24(21)23)28-22-10-17-29(18-22)19-26-11-14-27(15-12-26,16-13-26)25(30)31-2/h3-9,20,22,28H,10-19H2,1-2H3/t20-,22+,26?,27?/m1/s1. The van der Waals surface area contributed by atoms with Crippen LogP contribution >= 0.6 is 0 Å². The van der Waals surface area contributed by atoms with Crippen molar-refractivity contribution in [1.82, 2.24) is 10.2 Å². The number of esters is 1. The summed E-state index contributed by atoms with van der Waals surface area (Å²) < 4.78 is 5.13. The van der Waals surface area contributed by atoms with Crippen LogP contribution in [0.5, 0.6) is 0 Å². The van der Waals surface area contributed by atoms with E-state index in [9.17, 15) is 4.79 Å². The molecule has 4 heteroatoms. The Morgan fingerprint density at radius 1 is 1.10 bits per heavy atom. The predicted molar refractivity (Wildman–Crippen MR) is 125 cm³/mol. The first-order valence-corrected chi connectivity index (χ1v) is 12.1. The highest BCUT2D eigenvalue weighted by Crippen LogP contribution is 2.57. The molecular weight excluding hydrogens is 384 g/mol. The van der Waals surface area contributed by atoms with Crippen LogP contribution in [-0.2, 0) is 9.53 Å². The van der Waals surface area contributed by atoms with Crippen LogP contribution in [-0.4, -0.2) is 43.7 Å². The van der Waals surface area contributed by atoms with Gasteiger partial charge in [0.1, 0.15) is 0 Å². The first kappa shape index (κ1) is 21.0. The highest BCUT2D eigenvalue weighted by molar-refractivity contribution is 5.86. The number of rotatable bonds is 6. The van der Waals surface area contributed by atoms with Crippen LogP contribution < -0.4 is 5.32 Å². The summed E-state index contributed by atoms with van der Waals surface area (Å²) in [5.74, 6) is 0.0358. The summed E-state index contributed by atoms with van der Waals surface area (Å²) in [5.41, 5.74) is 1.65. The third-order valence-corrected chi connectivity index (χ3v) is 8.63. The van der Waals surface area contributed by atoms with Crippen molar-refractivity contribution in [3.63, 3.8) is 0 Å². The zero-order valence-electron chi connectivity index (χ0n) is 19.0. The quantitative estimate of drug-likeness (QED) is 0.662. The minimum absolute atomic E-state index is 0.0358. The highest BCUT2D eigenvalue weighted by Gasteiger charge is 2.53. The molecule has 166 valence electrons. The zero-order valence-corrected chi connectivity index (χ0v) is 19.0. The van der Waals surface area contributed by atoms with Gasteiger partial charge < -0.3 is 15.0 Å². The monoisotopic (exact) mass is 420 g/mol. The number of fused-ring (bicyclic) bond motifs is 4. The molecule has 3 saturated carbocycles. The van der Waals surface area contributed by atoms with Crippen molar-refractivity contribution in [2.24, 2.45) is 10.8 Å². The molecule has 1 N–H and O–H groups in total. The Kier molecular flexibility index (Phi) is 5.56. The molecule has 6 rings (SSSR count). The van der Waals surface area contributed by atoms with Gasteiger partial charge in [-0.05, 0) is 80.2 Å². The van der Waals surface area contributed by atoms with Crippen molar-refractivity contribution in [2.45, 2.75) is 64.0 Å². The van der Waals surface area contributed by atoms with Crippen LogP contribution in [0, 0.1) is 10.8 Å². The summed E-state index contributed by atoms with van der Waals surface area (Å²) in [6.07, 6.45) is 7.83. The number of likely N-dealkylation sites (tertiary alicyclic amines) is 1. The van der Waals surface area contributed by atoms with Gasteiger partial charge in [0, 0.05) is 25.2 Å². The first-order chi connectivity index (χ1) is 15.0. The molecule has 31 heavy (non-hydrogen) atoms. The van der Waals surface area contributed by atoms with E-state index >= 15 is 0 Å². The Labute approximate surface area is 186 Å². The molecule has 0 spiro atoms. The van der Waals surface area contributed by atoms with E-state index in [0.29, 0.717) is 17.5 Å². The van der Waals surface area contributed by atoms with Gasteiger partial charge in [0.2, 0.25) is 0 Å². The number of carbonyl (C=O) groups is 1. The van der Waals surface area contributed by atoms with Crippen LogP contribution in [0.15, 0.2) is 42.5 Å². The Morgan fingerprint density at radius 3 is 2.55 bits per heavy atom. The van der Waals surface area contributed by atoms with Crippen LogP contribution in [0.4, 0.5) is 0 Å². The molecule has 4 aliphatic rings. The number of nitrogens with one attached hydrogen (secondary N) is 1. The minimum atomic E-state index is -0.167. The van der Waals surface area contributed by atoms with Gasteiger partial charge in [-0.2, -0.15) is 0 Å². The normalized spacial score (nSPS) is 31.7. The maximum absolute atomic E-state index is 12.3. The third-order valence-electron chi connectivity index (χ3n) is 8.63. The predicted octanol–water partition coefficient (Wildman–Crippen LogP) is 5.08. The second kappa shape index (κ2) is 8.22. The van der Waals surface area contributed by atoms with E-state index in [1.54, 1.807) is 7.11 Å². The van der Waals surface area contributed by atoms with Crippen molar-refractivity contribution in [2.75, 3.05) is 26.7 Å². The van der Waals surface area contributed by atoms with Gasteiger partial charge in [-0.1, -0.05) is 42.5 Å². The molecule has 2 aromatic rings. The number of hydrogen-bond acceptors (Lipinski definition) is 4. The lowest BCUT2D eigenvalue weighted by Gasteiger charge is -2.53. The van der Waals surface area contributed by atoms with Crippen LogP contribution in [0.3, 0.4) is 0 Å². The smallest absolute Gasteiger partial charge is 0.311 e. The van der Waals surface area contributed by atoms with Gasteiger partial charge in [0.05, 0.1) is 12.5 Å². The molecule has 3 aliphatic carbocycles. The van der Waals surface area contributed by atoms with Crippen molar-refractivity contribution >= 4 is 16.7 Å². The number of hydrogen-bond donors (Lipinski definition) is 1. The van der Waals surface area contributed by atoms with E-state index < -0.39 is 0 Å². The van der Waals surface area contributed by atoms with Gasteiger partial charge in [-0.25, -0.2) is 0 Å². The fraction of sp³-hybridized carbons (Fsp3) is 0.593. The number of carbonyl (C=O) groups excluding carboxylic acids is 1. The molecule has 0 amide bonds. The molecule has 1 heterocycles. The SMILES string of the molecule is COC(=O)C12CCC(CN3CC[C@H](N[C@H](C)c4cccc5ccccc45)C3)(CC1)CC2. The van der Waals surface area contributed by atoms with Crippen molar-refractivity contribution < 1.29 is 9.53 Å². The molecule has 0 unspecified atom stereocenters. The summed E-state index contributed by atoms with van der Waals surface area (Å²) >= 11 is 0. The maximum atomic E-state index is 12.3. The van der Waals surface area contributed by atoms with Crippen molar-refractivity contribution in [3.8, 4) is 0 Å². The van der Waals surface area contributed by atoms with E-state index in [1.165, 1.54) is 55.1 Å². The van der Waals surface area contributed by atoms with Gasteiger partial charge in [-0.15, -0.1) is 0 Å². The molecule has 0 aromatic heterocycles. The van der Waals surface area contributed by atoms with Crippen LogP contribution in [0.1, 0.15) is 63.5 Å². The largest absolute Gasteiger partial charge is 0.469 e. The van der Waals surface area contributed by atoms with Gasteiger partial charge >= 0.3 is 5.97 Å². The number of methoxy groups -OCH3 is 1. The average Bonchev–Trinajstić information content (AvgIpc) is 3.25. The lowest BCUT2D eigenvalue weighted by Crippen LogP contribution is -2.50. The second-order valence-corrected chi connectivity index (χ2v) is 10.4. The minimum Gasteiger partial charge on any atom is -0.469 e. The van der Waals surface area contributed by atoms with Gasteiger partial charge in [0.25, 0.3) is 0 Å². The zero-order chi connectivity index (χ0) is 21.5. The van der Waals surface area contributed by atoms with Crippen LogP contribution in [0.2, 0.25) is 0 Å². The number of nitrogens with zero attached hydrogens (tertiary/aromatic N) is 1. The molecule has 4 fully saturated rings. The molecular formula is C27H36N2O2. The lowest BCUT2D eigenvalue weighted by molar-refractivity contribution is -0.163. The van der Waals surface area contributed by atoms with Gasteiger partial charge in [-0.3, -0.25) is 4.79 Å². The number of ether oxygens (including phenoxy) is 1. The van der Waals surface area contributed by atoms with E-state index in [1.807, 2.05) is 0 Å². The Morgan fingerprint density at radius 2 is 1.81 bits per heavy atom. The molecule has 1 saturated heterocycles. The second-order valence-electron chi connectivity index (χ2n) is 10.4. The summed E-state index contributed by atoms with van der Waals surface area (Å²) in [6.45, 7) is 5.83. The molecule has 2 atom stereocenters. The summed E-state index contributed by atoms with van der Waals surface area (Å²) in [4.78, 5) is 15.0. The van der Waals surface area contributed by atoms with E-state index in [4.69, 9.17) is 4.74 Å². The van der Waals surface area contributed by atoms with E-state index in [-0.39, 0.29) is 11.4 Å². The summed E-state index contributed by atoms with van der Waals surface area (Å²) in [6, 6.07) is 16.2. The molecule has 0 radical (unpaired) electrons. The molecule has 2 aromatic carbocycles. The Balaban J connectivity index is 1.18. The maximum Gasteiger partial charge on any atom is 0.311 e. The Hall–Kier alpha value is -1.91. The first-order valence-electron chi connectivity index (χ1n) is 12.1. The molecule has 4 nitrogen and oxygen atoms in total. The fourth-order valence-electron chi connectivity index (χ4n) is 6.68. The van der Waals surface area contributed by atoms with Crippen LogP contribution in [0.25, 0.3) is 10.8 Å². The average molecular weight is 421 g/mol. The van der Waals surface area contributed by atoms with Gasteiger partial charge in [0.15, 0.2) is 0 Å². The van der Waals surface area contributed by atoms with E-state index in [2.05, 4.69) is 59.6 Å². The summed E-state index contributed by atoms with van der Waals surface area (Å²) in [7, 11) is 1.55. The Bertz CT molecular complexity index is 925. The molecule has 1 aliphatic heterocycles. The lowest BCUT2D eigenvalue weighted by atomic mass is 9.53. The molecule has 2 bridgehead atoms. The number of benzene rings is 2. The third kappa shape index (κ3) is 3.89. The fourth-order valence-corrected chi connectivity index (χ4v) is 6.68. The highest BCUT2D eigenvalue weighted by atomic mass is 16.5.